The van der Waals surface area contributed by atoms with Crippen molar-refractivity contribution in [2.45, 2.75) is 30.8 Å². The number of carbonyl (C=O) groups is 1. The Morgan fingerprint density at radius 3 is 2.84 bits per heavy atom. The van der Waals surface area contributed by atoms with Crippen molar-refractivity contribution < 1.29 is 9.90 Å². The van der Waals surface area contributed by atoms with Gasteiger partial charge in [-0.1, -0.05) is 42.1 Å². The minimum atomic E-state index is -0.724. The van der Waals surface area contributed by atoms with Crippen LogP contribution in [0.15, 0.2) is 47.8 Å². The molecule has 1 atom stereocenters. The van der Waals surface area contributed by atoms with Crippen LogP contribution < -0.4 is 4.90 Å². The number of aliphatic carboxylic acids is 1. The van der Waals surface area contributed by atoms with Crippen LogP contribution in [-0.4, -0.2) is 40.4 Å². The smallest absolute Gasteiger partial charge is 0.311 e. The Hall–Kier alpha value is -2.08. The lowest BCUT2D eigenvalue weighted by atomic mass is 9.75. The molecule has 6 heteroatoms. The van der Waals surface area contributed by atoms with Crippen molar-refractivity contribution in [2.24, 2.45) is 5.41 Å². The van der Waals surface area contributed by atoms with Gasteiger partial charge in [-0.25, -0.2) is 9.97 Å². The van der Waals surface area contributed by atoms with Crippen LogP contribution in [0, 0.1) is 5.41 Å². The number of rotatable bonds is 6. The van der Waals surface area contributed by atoms with Gasteiger partial charge in [-0.15, -0.1) is 0 Å². The maximum atomic E-state index is 12.1. The Morgan fingerprint density at radius 1 is 1.32 bits per heavy atom. The van der Waals surface area contributed by atoms with Gasteiger partial charge in [-0.05, 0) is 43.6 Å². The van der Waals surface area contributed by atoms with Crippen molar-refractivity contribution in [2.75, 3.05) is 24.2 Å². The molecule has 0 aliphatic carbocycles. The van der Waals surface area contributed by atoms with Gasteiger partial charge in [0, 0.05) is 19.3 Å². The first-order valence-corrected chi connectivity index (χ1v) is 9.75. The van der Waals surface area contributed by atoms with Crippen molar-refractivity contribution in [3.63, 3.8) is 0 Å². The first-order chi connectivity index (χ1) is 12.1. The third kappa shape index (κ3) is 4.12. The monoisotopic (exact) mass is 357 g/mol. The lowest BCUT2D eigenvalue weighted by Gasteiger charge is -2.40. The van der Waals surface area contributed by atoms with Crippen LogP contribution in [0.2, 0.25) is 0 Å². The van der Waals surface area contributed by atoms with Crippen molar-refractivity contribution in [1.82, 2.24) is 9.97 Å². The number of anilines is 1. The number of benzene rings is 1. The second-order valence-corrected chi connectivity index (χ2v) is 7.27. The standard InChI is InChI=1S/C19H23N3O2S/c1-25-18-20-12-9-16(21-18)22-13-5-10-19(14-22,17(23)24)11-8-15-6-3-2-4-7-15/h2-4,6-7,9,12H,5,8,10-11,13-14H2,1H3,(H,23,24). The summed E-state index contributed by atoms with van der Waals surface area (Å²) in [5.41, 5.74) is 0.463. The van der Waals surface area contributed by atoms with Crippen LogP contribution in [0.3, 0.4) is 0 Å². The van der Waals surface area contributed by atoms with Gasteiger partial charge < -0.3 is 10.0 Å². The van der Waals surface area contributed by atoms with Gasteiger partial charge in [0.05, 0.1) is 5.41 Å². The number of carboxylic acid groups (broad SMARTS) is 1. The molecule has 1 saturated heterocycles. The lowest BCUT2D eigenvalue weighted by molar-refractivity contribution is -0.150. The molecule has 1 fully saturated rings. The quantitative estimate of drug-likeness (QED) is 0.630. The minimum Gasteiger partial charge on any atom is -0.481 e. The lowest BCUT2D eigenvalue weighted by Crippen LogP contribution is -2.48. The molecule has 1 N–H and O–H groups in total. The van der Waals surface area contributed by atoms with E-state index in [1.807, 2.05) is 30.5 Å². The van der Waals surface area contributed by atoms with E-state index in [1.54, 1.807) is 6.20 Å². The summed E-state index contributed by atoms with van der Waals surface area (Å²) < 4.78 is 0. The molecule has 5 nitrogen and oxygen atoms in total. The number of aromatic nitrogens is 2. The first-order valence-electron chi connectivity index (χ1n) is 8.52. The molecular weight excluding hydrogens is 334 g/mol. The van der Waals surface area contributed by atoms with E-state index < -0.39 is 11.4 Å². The maximum absolute atomic E-state index is 12.1. The second-order valence-electron chi connectivity index (χ2n) is 6.50. The minimum absolute atomic E-state index is 0.500. The molecule has 0 radical (unpaired) electrons. The molecule has 1 aliphatic rings. The summed E-state index contributed by atoms with van der Waals surface area (Å²) in [6.07, 6.45) is 6.68. The van der Waals surface area contributed by atoms with Crippen LogP contribution in [0.25, 0.3) is 0 Å². The molecule has 2 heterocycles. The average Bonchev–Trinajstić information content (AvgIpc) is 2.67. The van der Waals surface area contributed by atoms with E-state index in [4.69, 9.17) is 0 Å². The molecule has 3 rings (SSSR count). The van der Waals surface area contributed by atoms with Crippen molar-refractivity contribution in [3.8, 4) is 0 Å². The van der Waals surface area contributed by atoms with Crippen molar-refractivity contribution in [3.05, 3.63) is 48.2 Å². The third-order valence-electron chi connectivity index (χ3n) is 4.89. The molecule has 0 amide bonds. The Balaban J connectivity index is 1.77. The van der Waals surface area contributed by atoms with E-state index in [9.17, 15) is 9.90 Å². The van der Waals surface area contributed by atoms with Crippen LogP contribution in [0.5, 0.6) is 0 Å². The zero-order valence-electron chi connectivity index (χ0n) is 14.4. The fourth-order valence-corrected chi connectivity index (χ4v) is 3.80. The van der Waals surface area contributed by atoms with Gasteiger partial charge in [-0.3, -0.25) is 4.79 Å². The molecule has 132 valence electrons. The molecule has 0 bridgehead atoms. The normalized spacial score (nSPS) is 20.4. The summed E-state index contributed by atoms with van der Waals surface area (Å²) in [6, 6.07) is 12.0. The van der Waals surface area contributed by atoms with E-state index in [0.717, 1.165) is 25.2 Å². The number of thioether (sulfide) groups is 1. The topological polar surface area (TPSA) is 66.3 Å². The Morgan fingerprint density at radius 2 is 2.12 bits per heavy atom. The maximum Gasteiger partial charge on any atom is 0.311 e. The van der Waals surface area contributed by atoms with Gasteiger partial charge in [0.2, 0.25) is 0 Å². The molecule has 1 unspecified atom stereocenters. The molecule has 0 spiro atoms. The molecule has 2 aromatic rings. The van der Waals surface area contributed by atoms with Gasteiger partial charge >= 0.3 is 5.97 Å². The Labute approximate surface area is 152 Å². The highest BCUT2D eigenvalue weighted by Crippen LogP contribution is 2.36. The van der Waals surface area contributed by atoms with E-state index >= 15 is 0 Å². The molecule has 25 heavy (non-hydrogen) atoms. The highest BCUT2D eigenvalue weighted by atomic mass is 32.2. The summed E-state index contributed by atoms with van der Waals surface area (Å²) in [7, 11) is 0. The second kappa shape index (κ2) is 7.87. The van der Waals surface area contributed by atoms with Gasteiger partial charge in [0.25, 0.3) is 0 Å². The first kappa shape index (κ1) is 17.7. The molecule has 0 saturated carbocycles. The molecular formula is C19H23N3O2S. The zero-order chi connectivity index (χ0) is 17.7. The average molecular weight is 357 g/mol. The number of carboxylic acids is 1. The largest absolute Gasteiger partial charge is 0.481 e. The predicted octanol–water partition coefficient (Wildman–Crippen LogP) is 3.50. The predicted molar refractivity (Wildman–Crippen MR) is 100 cm³/mol. The van der Waals surface area contributed by atoms with Gasteiger partial charge in [-0.2, -0.15) is 0 Å². The SMILES string of the molecule is CSc1nccc(N2CCCC(CCc3ccccc3)(C(=O)O)C2)n1. The Bertz CT molecular complexity index is 726. The summed E-state index contributed by atoms with van der Waals surface area (Å²) >= 11 is 1.50. The zero-order valence-corrected chi connectivity index (χ0v) is 15.2. The molecule has 1 aromatic carbocycles. The van der Waals surface area contributed by atoms with E-state index in [2.05, 4.69) is 27.0 Å². The molecule has 1 aliphatic heterocycles. The van der Waals surface area contributed by atoms with E-state index in [1.165, 1.54) is 17.3 Å². The van der Waals surface area contributed by atoms with Crippen LogP contribution in [-0.2, 0) is 11.2 Å². The van der Waals surface area contributed by atoms with Crippen LogP contribution in [0.4, 0.5) is 5.82 Å². The fourth-order valence-electron chi connectivity index (χ4n) is 3.45. The summed E-state index contributed by atoms with van der Waals surface area (Å²) in [6.45, 7) is 1.34. The van der Waals surface area contributed by atoms with E-state index in [0.29, 0.717) is 24.5 Å². The number of aryl methyl sites for hydroxylation is 1. The third-order valence-corrected chi connectivity index (χ3v) is 5.45. The van der Waals surface area contributed by atoms with Crippen LogP contribution in [0.1, 0.15) is 24.8 Å². The van der Waals surface area contributed by atoms with E-state index in [-0.39, 0.29) is 0 Å². The van der Waals surface area contributed by atoms with Crippen LogP contribution >= 0.6 is 11.8 Å². The summed E-state index contributed by atoms with van der Waals surface area (Å²) in [5, 5.41) is 10.7. The number of hydrogen-bond acceptors (Lipinski definition) is 5. The Kier molecular flexibility index (Phi) is 5.58. The van der Waals surface area contributed by atoms with Gasteiger partial charge in [0.15, 0.2) is 5.16 Å². The van der Waals surface area contributed by atoms with Crippen molar-refractivity contribution >= 4 is 23.5 Å². The number of hydrogen-bond donors (Lipinski definition) is 1. The highest BCUT2D eigenvalue weighted by Gasteiger charge is 2.42. The molecule has 1 aromatic heterocycles. The van der Waals surface area contributed by atoms with Gasteiger partial charge in [0.1, 0.15) is 5.82 Å². The highest BCUT2D eigenvalue weighted by molar-refractivity contribution is 7.98. The summed E-state index contributed by atoms with van der Waals surface area (Å²) in [4.78, 5) is 23.0. The number of nitrogens with zero attached hydrogens (tertiary/aromatic N) is 3. The fraction of sp³-hybridized carbons (Fsp3) is 0.421. The van der Waals surface area contributed by atoms with Crippen molar-refractivity contribution in [1.29, 1.82) is 0 Å². The number of piperidine rings is 1. The summed E-state index contributed by atoms with van der Waals surface area (Å²) in [5.74, 6) is 0.122.